The molecule has 0 radical (unpaired) electrons. The third-order valence-electron chi connectivity index (χ3n) is 4.82. The minimum Gasteiger partial charge on any atom is -0.495 e. The number of para-hydroxylation sites is 1. The van der Waals surface area contributed by atoms with Crippen LogP contribution in [-0.4, -0.2) is 36.4 Å². The molecule has 0 aliphatic heterocycles. The zero-order chi connectivity index (χ0) is 21.0. The summed E-state index contributed by atoms with van der Waals surface area (Å²) in [6, 6.07) is 15.3. The maximum absolute atomic E-state index is 12.4. The van der Waals surface area contributed by atoms with E-state index < -0.39 is 0 Å². The van der Waals surface area contributed by atoms with Gasteiger partial charge in [0.2, 0.25) is 0 Å². The molecule has 3 aromatic rings. The molecule has 1 unspecified atom stereocenters. The molecule has 0 spiro atoms. The van der Waals surface area contributed by atoms with Crippen molar-refractivity contribution >= 4 is 23.2 Å². The Morgan fingerprint density at radius 1 is 1.21 bits per heavy atom. The average molecular weight is 414 g/mol. The molecule has 0 aliphatic rings. The Kier molecular flexibility index (Phi) is 6.56. The van der Waals surface area contributed by atoms with Gasteiger partial charge in [-0.15, -0.1) is 0 Å². The van der Waals surface area contributed by atoms with Gasteiger partial charge in [-0.25, -0.2) is 4.68 Å². The van der Waals surface area contributed by atoms with Crippen molar-refractivity contribution in [3.63, 3.8) is 0 Å². The van der Waals surface area contributed by atoms with Crippen molar-refractivity contribution in [3.8, 4) is 11.4 Å². The number of aromatic nitrogens is 2. The van der Waals surface area contributed by atoms with Crippen LogP contribution in [0, 0.1) is 13.8 Å². The first-order valence-electron chi connectivity index (χ1n) is 9.44. The Hall–Kier alpha value is -2.83. The number of methoxy groups -OCH3 is 1. The van der Waals surface area contributed by atoms with Gasteiger partial charge in [0.25, 0.3) is 5.91 Å². The van der Waals surface area contributed by atoms with E-state index in [1.165, 1.54) is 0 Å². The molecule has 3 rings (SSSR count). The molecular formula is C22H26ClN4O2+. The van der Waals surface area contributed by atoms with Crippen LogP contribution in [0.25, 0.3) is 5.69 Å². The molecule has 2 aromatic carbocycles. The van der Waals surface area contributed by atoms with Crippen LogP contribution in [0.1, 0.15) is 17.0 Å². The molecule has 0 saturated carbocycles. The highest BCUT2D eigenvalue weighted by atomic mass is 35.5. The van der Waals surface area contributed by atoms with Crippen LogP contribution in [0.2, 0.25) is 5.02 Å². The second-order valence-corrected chi connectivity index (χ2v) is 7.51. The van der Waals surface area contributed by atoms with Gasteiger partial charge in [-0.05, 0) is 44.2 Å². The van der Waals surface area contributed by atoms with Gasteiger partial charge in [-0.2, -0.15) is 5.10 Å². The summed E-state index contributed by atoms with van der Waals surface area (Å²) in [6.07, 6.45) is 0. The first-order valence-corrected chi connectivity index (χ1v) is 9.82. The van der Waals surface area contributed by atoms with Gasteiger partial charge in [-0.3, -0.25) is 4.79 Å². The zero-order valence-corrected chi connectivity index (χ0v) is 17.9. The van der Waals surface area contributed by atoms with Crippen molar-refractivity contribution in [2.24, 2.45) is 0 Å². The molecular weight excluding hydrogens is 388 g/mol. The van der Waals surface area contributed by atoms with Gasteiger partial charge in [0.05, 0.1) is 41.8 Å². The summed E-state index contributed by atoms with van der Waals surface area (Å²) in [5.74, 6) is 0.503. The van der Waals surface area contributed by atoms with Gasteiger partial charge < -0.3 is 15.0 Å². The number of quaternary nitrogens is 1. The van der Waals surface area contributed by atoms with E-state index in [4.69, 9.17) is 16.3 Å². The highest BCUT2D eigenvalue weighted by Crippen LogP contribution is 2.27. The van der Waals surface area contributed by atoms with Gasteiger partial charge in [-0.1, -0.05) is 29.8 Å². The standard InChI is InChI=1S/C22H25ClN4O2/c1-15-19(16(2)27(25-15)18-8-6-5-7-9-18)13-26(3)14-22(28)24-17-10-11-21(29-4)20(23)12-17/h5-12H,13-14H2,1-4H3,(H,24,28)/p+1. The van der Waals surface area contributed by atoms with Crippen LogP contribution >= 0.6 is 11.6 Å². The lowest BCUT2D eigenvalue weighted by Crippen LogP contribution is -3.08. The molecule has 0 saturated heterocycles. The predicted octanol–water partition coefficient (Wildman–Crippen LogP) is 2.80. The van der Waals surface area contributed by atoms with Crippen molar-refractivity contribution in [1.29, 1.82) is 0 Å². The van der Waals surface area contributed by atoms with Gasteiger partial charge in [0.15, 0.2) is 6.54 Å². The Balaban J connectivity index is 1.65. The molecule has 1 aromatic heterocycles. The minimum atomic E-state index is -0.0745. The van der Waals surface area contributed by atoms with Crippen LogP contribution in [0.15, 0.2) is 48.5 Å². The smallest absolute Gasteiger partial charge is 0.279 e. The number of likely N-dealkylation sites (N-methyl/N-ethyl adjacent to an activating group) is 1. The normalized spacial score (nSPS) is 11.9. The lowest BCUT2D eigenvalue weighted by molar-refractivity contribution is -0.885. The van der Waals surface area contributed by atoms with Crippen LogP contribution in [0.4, 0.5) is 5.69 Å². The van der Waals surface area contributed by atoms with Crippen LogP contribution in [-0.2, 0) is 11.3 Å². The molecule has 0 aliphatic carbocycles. The summed E-state index contributed by atoms with van der Waals surface area (Å²) in [6.45, 7) is 5.11. The number of halogens is 1. The highest BCUT2D eigenvalue weighted by Gasteiger charge is 2.18. The second-order valence-electron chi connectivity index (χ2n) is 7.10. The zero-order valence-electron chi connectivity index (χ0n) is 17.1. The van der Waals surface area contributed by atoms with Crippen molar-refractivity contribution in [2.45, 2.75) is 20.4 Å². The summed E-state index contributed by atoms with van der Waals surface area (Å²) in [7, 11) is 3.56. The number of hydrogen-bond acceptors (Lipinski definition) is 3. The predicted molar refractivity (Wildman–Crippen MR) is 115 cm³/mol. The van der Waals surface area contributed by atoms with Gasteiger partial charge in [0, 0.05) is 5.69 Å². The number of amides is 1. The number of rotatable bonds is 7. The van der Waals surface area contributed by atoms with Gasteiger partial charge in [0.1, 0.15) is 12.3 Å². The quantitative estimate of drug-likeness (QED) is 0.626. The molecule has 152 valence electrons. The molecule has 1 amide bonds. The fraction of sp³-hybridized carbons (Fsp3) is 0.273. The number of ether oxygens (including phenoxy) is 1. The number of carbonyl (C=O) groups excluding carboxylic acids is 1. The van der Waals surface area contributed by atoms with Crippen LogP contribution < -0.4 is 15.0 Å². The third kappa shape index (κ3) is 4.96. The number of carbonyl (C=O) groups is 1. The molecule has 0 bridgehead atoms. The second kappa shape index (κ2) is 9.11. The highest BCUT2D eigenvalue weighted by molar-refractivity contribution is 6.32. The fourth-order valence-corrected chi connectivity index (χ4v) is 3.60. The third-order valence-corrected chi connectivity index (χ3v) is 5.11. The minimum absolute atomic E-state index is 0.0745. The van der Waals surface area contributed by atoms with E-state index in [1.807, 2.05) is 49.0 Å². The van der Waals surface area contributed by atoms with E-state index in [-0.39, 0.29) is 5.91 Å². The van der Waals surface area contributed by atoms with E-state index in [0.29, 0.717) is 29.5 Å². The lowest BCUT2D eigenvalue weighted by atomic mass is 10.2. The molecule has 29 heavy (non-hydrogen) atoms. The van der Waals surface area contributed by atoms with Crippen molar-refractivity contribution < 1.29 is 14.4 Å². The number of benzene rings is 2. The van der Waals surface area contributed by atoms with E-state index in [9.17, 15) is 4.79 Å². The van der Waals surface area contributed by atoms with Crippen molar-refractivity contribution in [2.75, 3.05) is 26.0 Å². The SMILES string of the molecule is COc1ccc(NC(=O)C[NH+](C)Cc2c(C)nn(-c3ccccc3)c2C)cc1Cl. The Morgan fingerprint density at radius 2 is 1.93 bits per heavy atom. The maximum Gasteiger partial charge on any atom is 0.279 e. The first kappa shape index (κ1) is 20.9. The number of hydrogen-bond donors (Lipinski definition) is 2. The summed E-state index contributed by atoms with van der Waals surface area (Å²) < 4.78 is 7.09. The number of nitrogens with zero attached hydrogens (tertiary/aromatic N) is 2. The molecule has 6 nitrogen and oxygen atoms in total. The molecule has 1 heterocycles. The molecule has 7 heteroatoms. The Bertz CT molecular complexity index is 1000. The Morgan fingerprint density at radius 3 is 2.59 bits per heavy atom. The van der Waals surface area contributed by atoms with Crippen LogP contribution in [0.3, 0.4) is 0 Å². The lowest BCUT2D eigenvalue weighted by Gasteiger charge is -2.15. The Labute approximate surface area is 176 Å². The number of nitrogens with one attached hydrogen (secondary N) is 2. The largest absolute Gasteiger partial charge is 0.495 e. The average Bonchev–Trinajstić information content (AvgIpc) is 2.97. The number of aryl methyl sites for hydroxylation is 1. The maximum atomic E-state index is 12.4. The molecule has 0 fully saturated rings. The van der Waals surface area contributed by atoms with E-state index in [2.05, 4.69) is 17.3 Å². The van der Waals surface area contributed by atoms with E-state index >= 15 is 0 Å². The summed E-state index contributed by atoms with van der Waals surface area (Å²) >= 11 is 6.12. The monoisotopic (exact) mass is 413 g/mol. The molecule has 1 atom stereocenters. The van der Waals surface area contributed by atoms with Crippen molar-refractivity contribution in [3.05, 3.63) is 70.5 Å². The van der Waals surface area contributed by atoms with Crippen LogP contribution in [0.5, 0.6) is 5.75 Å². The van der Waals surface area contributed by atoms with Crippen molar-refractivity contribution in [1.82, 2.24) is 9.78 Å². The summed E-state index contributed by atoms with van der Waals surface area (Å²) in [5.41, 5.74) is 4.92. The van der Waals surface area contributed by atoms with E-state index in [1.54, 1.807) is 25.3 Å². The number of anilines is 1. The summed E-state index contributed by atoms with van der Waals surface area (Å²) in [4.78, 5) is 13.5. The molecule has 2 N–H and O–H groups in total. The van der Waals surface area contributed by atoms with E-state index in [0.717, 1.165) is 27.5 Å². The first-order chi connectivity index (χ1) is 13.9. The summed E-state index contributed by atoms with van der Waals surface area (Å²) in [5, 5.41) is 8.04. The van der Waals surface area contributed by atoms with Gasteiger partial charge >= 0.3 is 0 Å². The fourth-order valence-electron chi connectivity index (χ4n) is 3.34. The topological polar surface area (TPSA) is 60.6 Å².